The third kappa shape index (κ3) is 5.18. The molecule has 204 valence electrons. The van der Waals surface area contributed by atoms with Gasteiger partial charge in [-0.25, -0.2) is 21.6 Å². The van der Waals surface area contributed by atoms with E-state index in [9.17, 15) is 18.3 Å². The van der Waals surface area contributed by atoms with Crippen LogP contribution in [0.3, 0.4) is 0 Å². The molecule has 4 aromatic rings. The van der Waals surface area contributed by atoms with Crippen molar-refractivity contribution < 1.29 is 27.4 Å². The predicted molar refractivity (Wildman–Crippen MR) is 149 cm³/mol. The van der Waals surface area contributed by atoms with E-state index in [1.807, 2.05) is 0 Å². The van der Waals surface area contributed by atoms with Gasteiger partial charge in [0.25, 0.3) is 10.0 Å². The lowest BCUT2D eigenvalue weighted by molar-refractivity contribution is 0.00695. The summed E-state index contributed by atoms with van der Waals surface area (Å²) >= 11 is 13.0. The molecule has 39 heavy (non-hydrogen) atoms. The zero-order chi connectivity index (χ0) is 28.3. The fourth-order valence-electron chi connectivity index (χ4n) is 4.55. The van der Waals surface area contributed by atoms with E-state index < -0.39 is 33.5 Å². The van der Waals surface area contributed by atoms with Crippen molar-refractivity contribution in [2.45, 2.75) is 56.1 Å². The summed E-state index contributed by atoms with van der Waals surface area (Å²) < 4.78 is 49.7. The van der Waals surface area contributed by atoms with Crippen molar-refractivity contribution in [3.8, 4) is 0 Å². The molecule has 1 aromatic heterocycles. The van der Waals surface area contributed by atoms with Gasteiger partial charge in [-0.1, -0.05) is 41.4 Å². The van der Waals surface area contributed by atoms with Crippen LogP contribution in [0.1, 0.15) is 72.8 Å². The number of fused-ring (bicyclic) bond motifs is 1. The summed E-state index contributed by atoms with van der Waals surface area (Å²) in [5.74, 6) is -1.20. The summed E-state index contributed by atoms with van der Waals surface area (Å²) in [5, 5.41) is 11.5. The Morgan fingerprint density at radius 3 is 2.36 bits per heavy atom. The first kappa shape index (κ1) is 27.6. The molecule has 0 bridgehead atoms. The van der Waals surface area contributed by atoms with Crippen LogP contribution in [0.2, 0.25) is 10.0 Å². The fourth-order valence-corrected chi connectivity index (χ4v) is 6.75. The molecule has 1 N–H and O–H groups in total. The molecule has 0 amide bonds. The van der Waals surface area contributed by atoms with Gasteiger partial charge in [0.1, 0.15) is 17.5 Å². The molecule has 0 spiro atoms. The first-order chi connectivity index (χ1) is 18.3. The molecule has 1 heterocycles. The molecular weight excluding hydrogens is 564 g/mol. The van der Waals surface area contributed by atoms with Crippen molar-refractivity contribution in [2.75, 3.05) is 0 Å². The van der Waals surface area contributed by atoms with E-state index in [4.69, 9.17) is 27.9 Å². The summed E-state index contributed by atoms with van der Waals surface area (Å²) in [6.45, 7) is 5.09. The smallest absolute Gasteiger partial charge is 0.340 e. The summed E-state index contributed by atoms with van der Waals surface area (Å²) in [6.07, 6.45) is 0.0341. The first-order valence-corrected chi connectivity index (χ1v) is 14.5. The number of esters is 1. The summed E-state index contributed by atoms with van der Waals surface area (Å²) in [5.41, 5.74) is -0.369. The summed E-state index contributed by atoms with van der Waals surface area (Å²) in [4.78, 5) is 12.8. The van der Waals surface area contributed by atoms with E-state index >= 15 is 4.39 Å². The van der Waals surface area contributed by atoms with Gasteiger partial charge in [-0.2, -0.15) is 0 Å². The lowest BCUT2D eigenvalue weighted by Crippen LogP contribution is -2.24. The number of aliphatic hydroxyl groups is 1. The lowest BCUT2D eigenvalue weighted by Gasteiger charge is -2.22. The second kappa shape index (κ2) is 9.93. The molecule has 1 aliphatic carbocycles. The molecule has 1 saturated carbocycles. The molecule has 1 aliphatic rings. The predicted octanol–water partition coefficient (Wildman–Crippen LogP) is 7.24. The van der Waals surface area contributed by atoms with E-state index in [0.29, 0.717) is 5.56 Å². The van der Waals surface area contributed by atoms with E-state index in [-0.39, 0.29) is 48.6 Å². The number of halogens is 3. The van der Waals surface area contributed by atoms with Crippen molar-refractivity contribution in [3.05, 3.63) is 98.9 Å². The number of aliphatic hydroxyl groups excluding tert-OH is 1. The zero-order valence-electron chi connectivity index (χ0n) is 21.4. The van der Waals surface area contributed by atoms with Gasteiger partial charge in [0, 0.05) is 16.0 Å². The van der Waals surface area contributed by atoms with Crippen LogP contribution in [-0.2, 0) is 14.8 Å². The number of hydrogen-bond acceptors (Lipinski definition) is 5. The van der Waals surface area contributed by atoms with Crippen LogP contribution in [0, 0.1) is 5.82 Å². The van der Waals surface area contributed by atoms with Gasteiger partial charge < -0.3 is 9.84 Å². The Balaban J connectivity index is 1.75. The third-order valence-corrected chi connectivity index (χ3v) is 9.00. The van der Waals surface area contributed by atoms with Crippen molar-refractivity contribution in [1.82, 2.24) is 3.97 Å². The van der Waals surface area contributed by atoms with Gasteiger partial charge in [0.15, 0.2) is 0 Å². The number of benzene rings is 3. The van der Waals surface area contributed by atoms with E-state index in [1.54, 1.807) is 45.0 Å². The normalized spacial score (nSPS) is 14.9. The van der Waals surface area contributed by atoms with E-state index in [1.165, 1.54) is 36.4 Å². The molecule has 0 radical (unpaired) electrons. The Kier molecular flexibility index (Phi) is 7.04. The SMILES string of the molecule is CC(C)(C)OC(=O)c1ccc(Cl)c(C(O)c2cc3c(F)cc(C4CC4)cc3n2S(=O)(=O)c2ccccc2)c1Cl. The lowest BCUT2D eigenvalue weighted by atomic mass is 10.0. The molecule has 0 aliphatic heterocycles. The maximum absolute atomic E-state index is 15.4. The van der Waals surface area contributed by atoms with Crippen LogP contribution in [0.4, 0.5) is 4.39 Å². The van der Waals surface area contributed by atoms with Gasteiger partial charge in [-0.05, 0) is 87.6 Å². The van der Waals surface area contributed by atoms with Gasteiger partial charge in [-0.3, -0.25) is 0 Å². The van der Waals surface area contributed by atoms with Crippen LogP contribution in [-0.4, -0.2) is 29.1 Å². The van der Waals surface area contributed by atoms with Crippen molar-refractivity contribution in [1.29, 1.82) is 0 Å². The van der Waals surface area contributed by atoms with Crippen molar-refractivity contribution in [3.63, 3.8) is 0 Å². The maximum atomic E-state index is 15.4. The second-order valence-electron chi connectivity index (χ2n) is 10.6. The fraction of sp³-hybridized carbons (Fsp3) is 0.276. The highest BCUT2D eigenvalue weighted by molar-refractivity contribution is 7.90. The summed E-state index contributed by atoms with van der Waals surface area (Å²) in [6, 6.07) is 14.7. The Labute approximate surface area is 236 Å². The monoisotopic (exact) mass is 589 g/mol. The quantitative estimate of drug-likeness (QED) is 0.240. The number of rotatable bonds is 6. The van der Waals surface area contributed by atoms with E-state index in [0.717, 1.165) is 16.8 Å². The standard InChI is InChI=1S/C29H26Cl2FNO5S/c1-29(2,3)38-28(35)19-11-12-21(30)25(26(19)31)27(34)24-15-20-22(32)13-17(16-9-10-16)14-23(20)33(24)39(36,37)18-7-5-4-6-8-18/h4-8,11-16,27,34H,9-10H2,1-3H3. The maximum Gasteiger partial charge on any atom is 0.340 e. The number of carbonyl (C=O) groups is 1. The zero-order valence-corrected chi connectivity index (χ0v) is 23.7. The highest BCUT2D eigenvalue weighted by Gasteiger charge is 2.33. The van der Waals surface area contributed by atoms with Gasteiger partial charge in [0.05, 0.1) is 26.7 Å². The Bertz CT molecular complexity index is 1710. The molecular formula is C29H26Cl2FNO5S. The van der Waals surface area contributed by atoms with Gasteiger partial charge in [0.2, 0.25) is 0 Å². The Morgan fingerprint density at radius 2 is 1.74 bits per heavy atom. The molecule has 1 fully saturated rings. The molecule has 5 rings (SSSR count). The molecule has 3 aromatic carbocycles. The van der Waals surface area contributed by atoms with Gasteiger partial charge >= 0.3 is 5.97 Å². The highest BCUT2D eigenvalue weighted by Crippen LogP contribution is 2.44. The van der Waals surface area contributed by atoms with Crippen LogP contribution in [0.5, 0.6) is 0 Å². The minimum atomic E-state index is -4.31. The third-order valence-electron chi connectivity index (χ3n) is 6.50. The summed E-state index contributed by atoms with van der Waals surface area (Å²) in [7, 11) is -4.31. The topological polar surface area (TPSA) is 85.6 Å². The van der Waals surface area contributed by atoms with Gasteiger partial charge in [-0.15, -0.1) is 0 Å². The highest BCUT2D eigenvalue weighted by atomic mass is 35.5. The van der Waals surface area contributed by atoms with Crippen molar-refractivity contribution >= 4 is 50.1 Å². The average Bonchev–Trinajstić information content (AvgIpc) is 3.63. The van der Waals surface area contributed by atoms with E-state index in [2.05, 4.69) is 0 Å². The van der Waals surface area contributed by atoms with Crippen LogP contribution < -0.4 is 0 Å². The average molecular weight is 591 g/mol. The first-order valence-electron chi connectivity index (χ1n) is 12.3. The minimum Gasteiger partial charge on any atom is -0.456 e. The number of aromatic nitrogens is 1. The largest absolute Gasteiger partial charge is 0.456 e. The molecule has 6 nitrogen and oxygen atoms in total. The second-order valence-corrected chi connectivity index (χ2v) is 13.2. The number of carbonyl (C=O) groups excluding carboxylic acids is 1. The minimum absolute atomic E-state index is 0.00661. The van der Waals surface area contributed by atoms with Crippen molar-refractivity contribution in [2.24, 2.45) is 0 Å². The number of ether oxygens (including phenoxy) is 1. The molecule has 0 saturated heterocycles. The Morgan fingerprint density at radius 1 is 1.08 bits per heavy atom. The molecule has 10 heteroatoms. The van der Waals surface area contributed by atoms with Crippen LogP contribution in [0.15, 0.2) is 65.6 Å². The number of hydrogen-bond donors (Lipinski definition) is 1. The number of nitrogens with zero attached hydrogens (tertiary/aromatic N) is 1. The molecule has 1 unspecified atom stereocenters. The van der Waals surface area contributed by atoms with Crippen LogP contribution in [0.25, 0.3) is 10.9 Å². The molecule has 1 atom stereocenters. The van der Waals surface area contributed by atoms with Crippen LogP contribution >= 0.6 is 23.2 Å². The Hall–Kier alpha value is -2.91.